The zero-order chi connectivity index (χ0) is 20.6. The minimum Gasteiger partial charge on any atom is -0.352 e. The fourth-order valence-corrected chi connectivity index (χ4v) is 4.59. The minimum atomic E-state index is -0.0112. The molecule has 0 spiro atoms. The zero-order valence-corrected chi connectivity index (χ0v) is 18.3. The van der Waals surface area contributed by atoms with E-state index in [-0.39, 0.29) is 17.7 Å². The first kappa shape index (κ1) is 21.5. The van der Waals surface area contributed by atoms with Crippen molar-refractivity contribution in [1.82, 2.24) is 10.2 Å². The fraction of sp³-hybridized carbons (Fsp3) is 0.478. The van der Waals surface area contributed by atoms with Crippen LogP contribution >= 0.6 is 11.3 Å². The van der Waals surface area contributed by atoms with Crippen molar-refractivity contribution in [3.05, 3.63) is 57.8 Å². The highest BCUT2D eigenvalue weighted by atomic mass is 32.1. The Morgan fingerprint density at radius 1 is 1.07 bits per heavy atom. The predicted molar refractivity (Wildman–Crippen MR) is 117 cm³/mol. The molecule has 0 unspecified atom stereocenters. The van der Waals surface area contributed by atoms with Gasteiger partial charge in [-0.1, -0.05) is 30.3 Å². The Morgan fingerprint density at radius 3 is 2.38 bits per heavy atom. The molecule has 2 aromatic rings. The van der Waals surface area contributed by atoms with Crippen molar-refractivity contribution in [3.63, 3.8) is 0 Å². The summed E-state index contributed by atoms with van der Waals surface area (Å²) in [4.78, 5) is 29.3. The van der Waals surface area contributed by atoms with E-state index in [4.69, 9.17) is 0 Å². The van der Waals surface area contributed by atoms with Gasteiger partial charge >= 0.3 is 0 Å². The van der Waals surface area contributed by atoms with Gasteiger partial charge in [0.05, 0.1) is 18.0 Å². The number of thiophene rings is 1. The van der Waals surface area contributed by atoms with Gasteiger partial charge in [0.1, 0.15) is 6.54 Å². The molecule has 2 N–H and O–H groups in total. The molecular formula is C23H32N3O2S+. The van der Waals surface area contributed by atoms with Crippen molar-refractivity contribution in [2.24, 2.45) is 5.92 Å². The van der Waals surface area contributed by atoms with E-state index in [1.54, 1.807) is 0 Å². The largest absolute Gasteiger partial charge is 0.352 e. The molecule has 2 heterocycles. The van der Waals surface area contributed by atoms with E-state index in [1.165, 1.54) is 27.4 Å². The monoisotopic (exact) mass is 414 g/mol. The highest BCUT2D eigenvalue weighted by Gasteiger charge is 2.28. The molecule has 1 aromatic heterocycles. The lowest BCUT2D eigenvalue weighted by Crippen LogP contribution is -3.10. The maximum absolute atomic E-state index is 12.7. The second kappa shape index (κ2) is 10.6. The molecule has 2 amide bonds. The van der Waals surface area contributed by atoms with Crippen LogP contribution in [0.25, 0.3) is 0 Å². The SMILES string of the molecule is CC[NH+](CC)Cc1ccccc1CNC(=O)C1CCN(C(=O)c2cccs2)CC1. The summed E-state index contributed by atoms with van der Waals surface area (Å²) < 4.78 is 0. The standard InChI is InChI=1S/C23H31N3O2S/c1-3-25(4-2)17-20-9-6-5-8-19(20)16-24-22(27)18-11-13-26(14-12-18)23(28)21-10-7-15-29-21/h5-10,15,18H,3-4,11-14,16-17H2,1-2H3,(H,24,27)/p+1. The van der Waals surface area contributed by atoms with Crippen LogP contribution in [-0.2, 0) is 17.9 Å². The second-order valence-corrected chi connectivity index (χ2v) is 8.61. The van der Waals surface area contributed by atoms with Gasteiger partial charge in [-0.2, -0.15) is 0 Å². The Hall–Kier alpha value is -2.18. The summed E-state index contributed by atoms with van der Waals surface area (Å²) in [5.41, 5.74) is 2.51. The molecule has 1 aromatic carbocycles. The Kier molecular flexibility index (Phi) is 7.83. The molecule has 1 fully saturated rings. The molecule has 29 heavy (non-hydrogen) atoms. The molecule has 1 aliphatic heterocycles. The number of piperidine rings is 1. The van der Waals surface area contributed by atoms with E-state index in [2.05, 4.69) is 37.4 Å². The predicted octanol–water partition coefficient (Wildman–Crippen LogP) is 2.34. The average Bonchev–Trinajstić information content (AvgIpc) is 3.31. The lowest BCUT2D eigenvalue weighted by molar-refractivity contribution is -0.910. The Labute approximate surface area is 177 Å². The number of amides is 2. The van der Waals surface area contributed by atoms with E-state index in [9.17, 15) is 9.59 Å². The third kappa shape index (κ3) is 5.67. The topological polar surface area (TPSA) is 53.9 Å². The lowest BCUT2D eigenvalue weighted by Gasteiger charge is -2.31. The summed E-state index contributed by atoms with van der Waals surface area (Å²) in [5, 5.41) is 5.06. The molecule has 0 bridgehead atoms. The summed E-state index contributed by atoms with van der Waals surface area (Å²) >= 11 is 1.47. The van der Waals surface area contributed by atoms with Crippen LogP contribution in [0.1, 0.15) is 47.5 Å². The van der Waals surface area contributed by atoms with Gasteiger partial charge in [0.15, 0.2) is 0 Å². The second-order valence-electron chi connectivity index (χ2n) is 7.66. The van der Waals surface area contributed by atoms with Crippen molar-refractivity contribution in [3.8, 4) is 0 Å². The molecule has 6 heteroatoms. The van der Waals surface area contributed by atoms with Gasteiger partial charge in [-0.15, -0.1) is 11.3 Å². The summed E-state index contributed by atoms with van der Waals surface area (Å²) in [6.45, 7) is 9.47. The molecule has 5 nitrogen and oxygen atoms in total. The smallest absolute Gasteiger partial charge is 0.263 e. The van der Waals surface area contributed by atoms with E-state index in [0.29, 0.717) is 19.6 Å². The van der Waals surface area contributed by atoms with Gasteiger partial charge in [-0.25, -0.2) is 0 Å². The third-order valence-corrected chi connectivity index (χ3v) is 6.75. The number of benzene rings is 1. The number of quaternary nitrogens is 1. The molecular weight excluding hydrogens is 382 g/mol. The normalized spacial score (nSPS) is 14.9. The van der Waals surface area contributed by atoms with E-state index in [1.807, 2.05) is 28.5 Å². The average molecular weight is 415 g/mol. The minimum absolute atomic E-state index is 0.0112. The summed E-state index contributed by atoms with van der Waals surface area (Å²) in [7, 11) is 0. The summed E-state index contributed by atoms with van der Waals surface area (Å²) in [5.74, 6) is 0.188. The van der Waals surface area contributed by atoms with E-state index < -0.39 is 0 Å². The molecule has 0 atom stereocenters. The van der Waals surface area contributed by atoms with Gasteiger partial charge in [0.25, 0.3) is 5.91 Å². The van der Waals surface area contributed by atoms with E-state index >= 15 is 0 Å². The summed E-state index contributed by atoms with van der Waals surface area (Å²) in [6.07, 6.45) is 1.46. The molecule has 0 aliphatic carbocycles. The summed E-state index contributed by atoms with van der Waals surface area (Å²) in [6, 6.07) is 12.2. The van der Waals surface area contributed by atoms with E-state index in [0.717, 1.165) is 37.4 Å². The van der Waals surface area contributed by atoms with Crippen molar-refractivity contribution in [2.75, 3.05) is 26.2 Å². The van der Waals surface area contributed by atoms with Crippen LogP contribution in [0.4, 0.5) is 0 Å². The van der Waals surface area contributed by atoms with Gasteiger partial charge < -0.3 is 15.1 Å². The number of hydrogen-bond acceptors (Lipinski definition) is 3. The van der Waals surface area contributed by atoms with Crippen LogP contribution in [0, 0.1) is 5.92 Å². The zero-order valence-electron chi connectivity index (χ0n) is 17.4. The first-order valence-corrected chi connectivity index (χ1v) is 11.5. The maximum Gasteiger partial charge on any atom is 0.263 e. The van der Waals surface area contributed by atoms with Crippen LogP contribution in [0.5, 0.6) is 0 Å². The first-order valence-electron chi connectivity index (χ1n) is 10.6. The van der Waals surface area contributed by atoms with Crippen molar-refractivity contribution >= 4 is 23.2 Å². The fourth-order valence-electron chi connectivity index (χ4n) is 3.90. The van der Waals surface area contributed by atoms with Gasteiger partial charge in [0.2, 0.25) is 5.91 Å². The third-order valence-electron chi connectivity index (χ3n) is 5.90. The van der Waals surface area contributed by atoms with Crippen molar-refractivity contribution in [2.45, 2.75) is 39.8 Å². The van der Waals surface area contributed by atoms with Gasteiger partial charge in [0, 0.05) is 31.1 Å². The number of nitrogens with zero attached hydrogens (tertiary/aromatic N) is 1. The Bertz CT molecular complexity index is 794. The molecule has 1 aliphatic rings. The van der Waals surface area contributed by atoms with Crippen molar-refractivity contribution in [1.29, 1.82) is 0 Å². The highest BCUT2D eigenvalue weighted by molar-refractivity contribution is 7.12. The first-order chi connectivity index (χ1) is 14.1. The number of hydrogen-bond donors (Lipinski definition) is 2. The number of carbonyl (C=O) groups is 2. The Morgan fingerprint density at radius 2 is 1.76 bits per heavy atom. The lowest BCUT2D eigenvalue weighted by atomic mass is 9.95. The number of likely N-dealkylation sites (tertiary alicyclic amines) is 1. The van der Waals surface area contributed by atoms with Crippen LogP contribution < -0.4 is 10.2 Å². The molecule has 0 saturated carbocycles. The number of nitrogens with one attached hydrogen (secondary N) is 2. The molecule has 1 saturated heterocycles. The maximum atomic E-state index is 12.7. The van der Waals surface area contributed by atoms with Crippen LogP contribution in [-0.4, -0.2) is 42.9 Å². The number of rotatable bonds is 8. The molecule has 0 radical (unpaired) electrons. The highest BCUT2D eigenvalue weighted by Crippen LogP contribution is 2.21. The van der Waals surface area contributed by atoms with Crippen molar-refractivity contribution < 1.29 is 14.5 Å². The number of carbonyl (C=O) groups excluding carboxylic acids is 2. The van der Waals surface area contributed by atoms with Gasteiger partial charge in [-0.05, 0) is 43.7 Å². The Balaban J connectivity index is 1.50. The quantitative estimate of drug-likeness (QED) is 0.697. The van der Waals surface area contributed by atoms with Crippen LogP contribution in [0.2, 0.25) is 0 Å². The van der Waals surface area contributed by atoms with Crippen LogP contribution in [0.3, 0.4) is 0 Å². The molecule has 156 valence electrons. The van der Waals surface area contributed by atoms with Crippen LogP contribution in [0.15, 0.2) is 41.8 Å². The van der Waals surface area contributed by atoms with Gasteiger partial charge in [-0.3, -0.25) is 9.59 Å². The molecule has 3 rings (SSSR count).